The number of amides is 3. The predicted molar refractivity (Wildman–Crippen MR) is 101 cm³/mol. The smallest absolute Gasteiger partial charge is 0.319 e. The number of para-hydroxylation sites is 1. The van der Waals surface area contributed by atoms with E-state index < -0.39 is 0 Å². The molecular weight excluding hydrogens is 340 g/mol. The maximum atomic E-state index is 12.5. The highest BCUT2D eigenvalue weighted by Crippen LogP contribution is 2.18. The molecule has 2 aliphatic heterocycles. The van der Waals surface area contributed by atoms with Gasteiger partial charge in [0.2, 0.25) is 5.91 Å². The SMILES string of the molecule is Cl.O=C(Nc1ccccc1)NC1CCN(C(=O)C2CCCNC2)CC1. The van der Waals surface area contributed by atoms with Gasteiger partial charge in [-0.2, -0.15) is 0 Å². The molecule has 0 radical (unpaired) electrons. The number of nitrogens with zero attached hydrogens (tertiary/aromatic N) is 1. The van der Waals surface area contributed by atoms with E-state index in [9.17, 15) is 9.59 Å². The van der Waals surface area contributed by atoms with Crippen LogP contribution in [-0.4, -0.2) is 49.1 Å². The number of rotatable bonds is 3. The maximum absolute atomic E-state index is 12.5. The minimum atomic E-state index is -0.178. The van der Waals surface area contributed by atoms with Crippen LogP contribution in [0, 0.1) is 5.92 Å². The number of carbonyl (C=O) groups is 2. The van der Waals surface area contributed by atoms with Crippen molar-refractivity contribution in [2.24, 2.45) is 5.92 Å². The standard InChI is InChI=1S/C18H26N4O2.ClH/c23-17(14-5-4-10-19-13-14)22-11-8-16(9-12-22)21-18(24)20-15-6-2-1-3-7-15;/h1-3,6-7,14,16,19H,4-5,8-13H2,(H2,20,21,24);1H. The van der Waals surface area contributed by atoms with E-state index in [1.165, 1.54) is 0 Å². The Morgan fingerprint density at radius 3 is 2.44 bits per heavy atom. The molecule has 0 spiro atoms. The summed E-state index contributed by atoms with van der Waals surface area (Å²) < 4.78 is 0. The van der Waals surface area contributed by atoms with Crippen molar-refractivity contribution in [2.75, 3.05) is 31.5 Å². The first-order chi connectivity index (χ1) is 11.7. The number of hydrogen-bond donors (Lipinski definition) is 3. The average Bonchev–Trinajstić information content (AvgIpc) is 2.63. The third-order valence-electron chi connectivity index (χ3n) is 4.82. The van der Waals surface area contributed by atoms with Gasteiger partial charge in [-0.25, -0.2) is 4.79 Å². The Bertz CT molecular complexity index is 555. The zero-order chi connectivity index (χ0) is 16.8. The summed E-state index contributed by atoms with van der Waals surface area (Å²) in [5.41, 5.74) is 0.785. The molecule has 3 amide bonds. The van der Waals surface area contributed by atoms with Gasteiger partial charge in [0.15, 0.2) is 0 Å². The Balaban J connectivity index is 0.00000225. The fraction of sp³-hybridized carbons (Fsp3) is 0.556. The van der Waals surface area contributed by atoms with Crippen molar-refractivity contribution in [3.8, 4) is 0 Å². The molecule has 1 aromatic rings. The zero-order valence-corrected chi connectivity index (χ0v) is 15.2. The second-order valence-electron chi connectivity index (χ2n) is 6.61. The summed E-state index contributed by atoms with van der Waals surface area (Å²) >= 11 is 0. The predicted octanol–water partition coefficient (Wildman–Crippen LogP) is 2.22. The van der Waals surface area contributed by atoms with Crippen LogP contribution in [0.1, 0.15) is 25.7 Å². The molecule has 1 unspecified atom stereocenters. The van der Waals surface area contributed by atoms with E-state index in [0.29, 0.717) is 0 Å². The van der Waals surface area contributed by atoms with E-state index >= 15 is 0 Å². The van der Waals surface area contributed by atoms with E-state index in [1.54, 1.807) is 0 Å². The molecule has 0 aliphatic carbocycles. The first-order valence-corrected chi connectivity index (χ1v) is 8.84. The number of carbonyl (C=O) groups excluding carboxylic acids is 2. The van der Waals surface area contributed by atoms with Gasteiger partial charge < -0.3 is 20.9 Å². The molecule has 2 aliphatic rings. The fourth-order valence-electron chi connectivity index (χ4n) is 3.44. The topological polar surface area (TPSA) is 73.5 Å². The lowest BCUT2D eigenvalue weighted by molar-refractivity contribution is -0.137. The molecular formula is C18H27ClN4O2. The summed E-state index contributed by atoms with van der Waals surface area (Å²) in [5.74, 6) is 0.402. The fourth-order valence-corrected chi connectivity index (χ4v) is 3.44. The summed E-state index contributed by atoms with van der Waals surface area (Å²) in [7, 11) is 0. The molecule has 0 aromatic heterocycles. The van der Waals surface area contributed by atoms with Crippen molar-refractivity contribution in [3.63, 3.8) is 0 Å². The molecule has 2 saturated heterocycles. The van der Waals surface area contributed by atoms with Gasteiger partial charge in [0.25, 0.3) is 0 Å². The van der Waals surface area contributed by atoms with Crippen LogP contribution in [0.15, 0.2) is 30.3 Å². The van der Waals surface area contributed by atoms with Gasteiger partial charge in [0.05, 0.1) is 5.92 Å². The Morgan fingerprint density at radius 2 is 1.80 bits per heavy atom. The molecule has 138 valence electrons. The zero-order valence-electron chi connectivity index (χ0n) is 14.4. The van der Waals surface area contributed by atoms with Crippen molar-refractivity contribution in [1.29, 1.82) is 0 Å². The molecule has 1 aromatic carbocycles. The number of piperidine rings is 2. The molecule has 1 atom stereocenters. The second-order valence-corrected chi connectivity index (χ2v) is 6.61. The Morgan fingerprint density at radius 1 is 1.08 bits per heavy atom. The van der Waals surface area contributed by atoms with Gasteiger partial charge in [0.1, 0.15) is 0 Å². The summed E-state index contributed by atoms with van der Waals surface area (Å²) in [5, 5.41) is 9.14. The van der Waals surface area contributed by atoms with Crippen LogP contribution in [-0.2, 0) is 4.79 Å². The third kappa shape index (κ3) is 5.61. The lowest BCUT2D eigenvalue weighted by Crippen LogP contribution is -2.50. The molecule has 3 rings (SSSR count). The van der Waals surface area contributed by atoms with E-state index in [-0.39, 0.29) is 36.3 Å². The highest BCUT2D eigenvalue weighted by molar-refractivity contribution is 5.89. The van der Waals surface area contributed by atoms with Crippen LogP contribution in [0.25, 0.3) is 0 Å². The number of anilines is 1. The van der Waals surface area contributed by atoms with Crippen LogP contribution in [0.4, 0.5) is 10.5 Å². The van der Waals surface area contributed by atoms with Crippen LogP contribution in [0.2, 0.25) is 0 Å². The quantitative estimate of drug-likeness (QED) is 0.768. The van der Waals surface area contributed by atoms with Gasteiger partial charge in [-0.3, -0.25) is 4.79 Å². The molecule has 2 heterocycles. The molecule has 7 heteroatoms. The summed E-state index contributed by atoms with van der Waals surface area (Å²) in [6.07, 6.45) is 3.69. The molecule has 0 bridgehead atoms. The first-order valence-electron chi connectivity index (χ1n) is 8.84. The van der Waals surface area contributed by atoms with Crippen molar-refractivity contribution in [3.05, 3.63) is 30.3 Å². The van der Waals surface area contributed by atoms with E-state index in [4.69, 9.17) is 0 Å². The normalized spacial score (nSPS) is 21.1. The monoisotopic (exact) mass is 366 g/mol. The summed E-state index contributed by atoms with van der Waals surface area (Å²) in [6, 6.07) is 9.36. The van der Waals surface area contributed by atoms with Gasteiger partial charge >= 0.3 is 6.03 Å². The van der Waals surface area contributed by atoms with Gasteiger partial charge in [0, 0.05) is 31.4 Å². The average molecular weight is 367 g/mol. The van der Waals surface area contributed by atoms with Crippen molar-refractivity contribution >= 4 is 30.0 Å². The lowest BCUT2D eigenvalue weighted by Gasteiger charge is -2.35. The number of likely N-dealkylation sites (tertiary alicyclic amines) is 1. The maximum Gasteiger partial charge on any atom is 0.319 e. The Kier molecular flexibility index (Phi) is 7.52. The second kappa shape index (κ2) is 9.63. The van der Waals surface area contributed by atoms with Crippen molar-refractivity contribution in [1.82, 2.24) is 15.5 Å². The molecule has 6 nitrogen and oxygen atoms in total. The number of hydrogen-bond acceptors (Lipinski definition) is 3. The van der Waals surface area contributed by atoms with Gasteiger partial charge in [-0.1, -0.05) is 18.2 Å². The van der Waals surface area contributed by atoms with Crippen LogP contribution < -0.4 is 16.0 Å². The van der Waals surface area contributed by atoms with Crippen molar-refractivity contribution in [2.45, 2.75) is 31.7 Å². The van der Waals surface area contributed by atoms with Crippen LogP contribution in [0.5, 0.6) is 0 Å². The highest BCUT2D eigenvalue weighted by atomic mass is 35.5. The minimum absolute atomic E-state index is 0. The highest BCUT2D eigenvalue weighted by Gasteiger charge is 2.29. The van der Waals surface area contributed by atoms with Gasteiger partial charge in [-0.15, -0.1) is 12.4 Å². The van der Waals surface area contributed by atoms with Crippen LogP contribution >= 0.6 is 12.4 Å². The molecule has 3 N–H and O–H groups in total. The van der Waals surface area contributed by atoms with E-state index in [2.05, 4.69) is 16.0 Å². The number of halogens is 1. The minimum Gasteiger partial charge on any atom is -0.342 e. The van der Waals surface area contributed by atoms with Gasteiger partial charge in [-0.05, 0) is 44.4 Å². The third-order valence-corrected chi connectivity index (χ3v) is 4.82. The first kappa shape index (κ1) is 19.5. The molecule has 2 fully saturated rings. The number of nitrogens with one attached hydrogen (secondary N) is 3. The Hall–Kier alpha value is -1.79. The number of urea groups is 1. The van der Waals surface area contributed by atoms with Crippen LogP contribution in [0.3, 0.4) is 0 Å². The summed E-state index contributed by atoms with van der Waals surface area (Å²) in [4.78, 5) is 26.5. The Labute approximate surface area is 155 Å². The van der Waals surface area contributed by atoms with E-state index in [1.807, 2.05) is 35.2 Å². The molecule has 0 saturated carbocycles. The summed E-state index contributed by atoms with van der Waals surface area (Å²) in [6.45, 7) is 3.28. The largest absolute Gasteiger partial charge is 0.342 e. The molecule has 25 heavy (non-hydrogen) atoms. The number of benzene rings is 1. The van der Waals surface area contributed by atoms with E-state index in [0.717, 1.165) is 57.5 Å². The lowest BCUT2D eigenvalue weighted by atomic mass is 9.96. The van der Waals surface area contributed by atoms with Crippen molar-refractivity contribution < 1.29 is 9.59 Å².